The molecule has 1 N–H and O–H groups in total. The van der Waals surface area contributed by atoms with Crippen molar-refractivity contribution in [3.05, 3.63) is 47.9 Å². The van der Waals surface area contributed by atoms with Gasteiger partial charge in [-0.1, -0.05) is 12.1 Å². The molecular formula is C17H19NO7S. The van der Waals surface area contributed by atoms with E-state index in [-0.39, 0.29) is 11.5 Å². The summed E-state index contributed by atoms with van der Waals surface area (Å²) in [6.07, 6.45) is 0. The van der Waals surface area contributed by atoms with Crippen molar-refractivity contribution < 1.29 is 31.9 Å². The van der Waals surface area contributed by atoms with Gasteiger partial charge in [-0.05, 0) is 31.2 Å². The predicted molar refractivity (Wildman–Crippen MR) is 93.8 cm³/mol. The van der Waals surface area contributed by atoms with E-state index in [1.807, 2.05) is 0 Å². The molecule has 0 unspecified atom stereocenters. The molecular weight excluding hydrogens is 362 g/mol. The number of esters is 1. The lowest BCUT2D eigenvalue weighted by Gasteiger charge is -2.11. The number of furan rings is 1. The first kappa shape index (κ1) is 19.5. The number of carbonyl (C=O) groups is 2. The summed E-state index contributed by atoms with van der Waals surface area (Å²) in [6, 6.07) is 9.40. The molecule has 0 fully saturated rings. The van der Waals surface area contributed by atoms with Crippen LogP contribution in [-0.2, 0) is 25.1 Å². The molecule has 0 saturated heterocycles. The maximum Gasteiger partial charge on any atom is 0.373 e. The largest absolute Gasteiger partial charge is 0.492 e. The van der Waals surface area contributed by atoms with Crippen molar-refractivity contribution in [2.45, 2.75) is 12.7 Å². The average Bonchev–Trinajstić information content (AvgIpc) is 3.03. The van der Waals surface area contributed by atoms with Crippen LogP contribution in [0.3, 0.4) is 0 Å². The van der Waals surface area contributed by atoms with Crippen LogP contribution in [0.15, 0.2) is 40.8 Å². The van der Waals surface area contributed by atoms with E-state index in [9.17, 15) is 18.0 Å². The molecule has 1 aromatic carbocycles. The number of sulfone groups is 1. The van der Waals surface area contributed by atoms with Crippen molar-refractivity contribution in [3.63, 3.8) is 0 Å². The van der Waals surface area contributed by atoms with Gasteiger partial charge in [-0.15, -0.1) is 0 Å². The maximum absolute atomic E-state index is 12.2. The summed E-state index contributed by atoms with van der Waals surface area (Å²) in [6.45, 7) is 2.21. The minimum absolute atomic E-state index is 0.0490. The van der Waals surface area contributed by atoms with Crippen LogP contribution in [0.1, 0.15) is 23.2 Å². The van der Waals surface area contributed by atoms with Crippen molar-refractivity contribution in [3.8, 4) is 5.75 Å². The summed E-state index contributed by atoms with van der Waals surface area (Å²) >= 11 is 0. The summed E-state index contributed by atoms with van der Waals surface area (Å²) in [4.78, 5) is 23.4. The van der Waals surface area contributed by atoms with Gasteiger partial charge in [0.15, 0.2) is 9.84 Å². The van der Waals surface area contributed by atoms with Crippen LogP contribution in [0.5, 0.6) is 5.75 Å². The van der Waals surface area contributed by atoms with E-state index in [0.29, 0.717) is 18.0 Å². The highest BCUT2D eigenvalue weighted by Gasteiger charge is 2.21. The molecule has 2 rings (SSSR count). The second-order valence-corrected chi connectivity index (χ2v) is 7.33. The molecule has 0 aliphatic carbocycles. The molecule has 1 amide bonds. The van der Waals surface area contributed by atoms with Crippen LogP contribution in [0.4, 0.5) is 5.69 Å². The Hall–Kier alpha value is -2.81. The summed E-state index contributed by atoms with van der Waals surface area (Å²) in [5.41, 5.74) is 0.389. The van der Waals surface area contributed by atoms with Gasteiger partial charge in [-0.3, -0.25) is 4.79 Å². The number of hydrogen-bond acceptors (Lipinski definition) is 7. The lowest BCUT2D eigenvalue weighted by Crippen LogP contribution is -2.24. The number of hydrogen-bond donors (Lipinski definition) is 1. The molecule has 0 bridgehead atoms. The Labute approximate surface area is 151 Å². The van der Waals surface area contributed by atoms with Crippen molar-refractivity contribution in [1.29, 1.82) is 0 Å². The normalized spacial score (nSPS) is 11.0. The number of para-hydroxylation sites is 2. The van der Waals surface area contributed by atoms with Gasteiger partial charge in [0.25, 0.3) is 0 Å². The van der Waals surface area contributed by atoms with Crippen molar-refractivity contribution in [1.82, 2.24) is 0 Å². The molecule has 1 heterocycles. The van der Waals surface area contributed by atoms with Crippen LogP contribution in [0, 0.1) is 0 Å². The van der Waals surface area contributed by atoms with Crippen LogP contribution >= 0.6 is 0 Å². The molecule has 8 nitrogen and oxygen atoms in total. The highest BCUT2D eigenvalue weighted by molar-refractivity contribution is 7.91. The predicted octanol–water partition coefficient (Wildman–Crippen LogP) is 2.02. The van der Waals surface area contributed by atoms with E-state index in [1.165, 1.54) is 19.2 Å². The van der Waals surface area contributed by atoms with Gasteiger partial charge in [0, 0.05) is 0 Å². The number of carbonyl (C=O) groups excluding carboxylic acids is 2. The van der Waals surface area contributed by atoms with Gasteiger partial charge in [-0.2, -0.15) is 0 Å². The zero-order valence-electron chi connectivity index (χ0n) is 14.4. The standard InChI is InChI=1S/C17H19NO7S/c1-3-24-14-7-5-4-6-13(14)18-16(19)11-26(21,22)10-12-8-9-15(25-12)17(20)23-2/h4-9H,3,10-11H2,1-2H3,(H,18,19). The fraction of sp³-hybridized carbons (Fsp3) is 0.294. The van der Waals surface area contributed by atoms with Crippen molar-refractivity contribution >= 4 is 27.4 Å². The van der Waals surface area contributed by atoms with Gasteiger partial charge >= 0.3 is 5.97 Å². The minimum Gasteiger partial charge on any atom is -0.492 e. The molecule has 0 radical (unpaired) electrons. The van der Waals surface area contributed by atoms with Crippen LogP contribution in [0.25, 0.3) is 0 Å². The minimum atomic E-state index is -3.80. The molecule has 0 atom stereocenters. The Morgan fingerprint density at radius 2 is 1.88 bits per heavy atom. The molecule has 26 heavy (non-hydrogen) atoms. The Morgan fingerprint density at radius 1 is 1.15 bits per heavy atom. The topological polar surface area (TPSA) is 112 Å². The van der Waals surface area contributed by atoms with Crippen LogP contribution < -0.4 is 10.1 Å². The summed E-state index contributed by atoms with van der Waals surface area (Å²) < 4.78 is 39.4. The summed E-state index contributed by atoms with van der Waals surface area (Å²) in [7, 11) is -2.61. The van der Waals surface area contributed by atoms with Gasteiger partial charge in [-0.25, -0.2) is 13.2 Å². The number of rotatable bonds is 8. The van der Waals surface area contributed by atoms with E-state index < -0.39 is 33.2 Å². The fourth-order valence-electron chi connectivity index (χ4n) is 2.17. The van der Waals surface area contributed by atoms with E-state index >= 15 is 0 Å². The number of methoxy groups -OCH3 is 1. The van der Waals surface area contributed by atoms with Crippen LogP contribution in [-0.4, -0.2) is 39.8 Å². The number of anilines is 1. The third kappa shape index (κ3) is 5.35. The molecule has 0 spiro atoms. The van der Waals surface area contributed by atoms with E-state index in [1.54, 1.807) is 31.2 Å². The third-order valence-corrected chi connectivity index (χ3v) is 4.65. The SMILES string of the molecule is CCOc1ccccc1NC(=O)CS(=O)(=O)Cc1ccc(C(=O)OC)o1. The quantitative estimate of drug-likeness (QED) is 0.696. The Morgan fingerprint density at radius 3 is 2.58 bits per heavy atom. The molecule has 9 heteroatoms. The van der Waals surface area contributed by atoms with E-state index in [2.05, 4.69) is 10.1 Å². The second-order valence-electron chi connectivity index (χ2n) is 5.27. The number of nitrogens with one attached hydrogen (secondary N) is 1. The smallest absolute Gasteiger partial charge is 0.373 e. The number of amides is 1. The highest BCUT2D eigenvalue weighted by Crippen LogP contribution is 2.23. The molecule has 140 valence electrons. The van der Waals surface area contributed by atoms with Crippen molar-refractivity contribution in [2.75, 3.05) is 24.8 Å². The zero-order chi connectivity index (χ0) is 19.2. The van der Waals surface area contributed by atoms with E-state index in [4.69, 9.17) is 9.15 Å². The Bertz CT molecular complexity index is 886. The Kier molecular flexibility index (Phi) is 6.40. The highest BCUT2D eigenvalue weighted by atomic mass is 32.2. The second kappa shape index (κ2) is 8.52. The zero-order valence-corrected chi connectivity index (χ0v) is 15.2. The molecule has 2 aromatic rings. The molecule has 0 aliphatic heterocycles. The monoisotopic (exact) mass is 381 g/mol. The van der Waals surface area contributed by atoms with Gasteiger partial charge in [0.05, 0.1) is 19.4 Å². The first-order chi connectivity index (χ1) is 12.3. The molecule has 1 aromatic heterocycles. The maximum atomic E-state index is 12.2. The lowest BCUT2D eigenvalue weighted by molar-refractivity contribution is -0.113. The van der Waals surface area contributed by atoms with Crippen molar-refractivity contribution in [2.24, 2.45) is 0 Å². The van der Waals surface area contributed by atoms with Crippen LogP contribution in [0.2, 0.25) is 0 Å². The first-order valence-corrected chi connectivity index (χ1v) is 9.56. The molecule has 0 saturated carbocycles. The third-order valence-electron chi connectivity index (χ3n) is 3.22. The van der Waals surface area contributed by atoms with Gasteiger partial charge in [0.2, 0.25) is 11.7 Å². The van der Waals surface area contributed by atoms with E-state index in [0.717, 1.165) is 0 Å². The number of ether oxygens (including phenoxy) is 2. The van der Waals surface area contributed by atoms with Gasteiger partial charge < -0.3 is 19.2 Å². The number of benzene rings is 1. The summed E-state index contributed by atoms with van der Waals surface area (Å²) in [5, 5.41) is 2.52. The summed E-state index contributed by atoms with van der Waals surface area (Å²) in [5.74, 6) is -2.25. The van der Waals surface area contributed by atoms with Gasteiger partial charge in [0.1, 0.15) is 23.0 Å². The first-order valence-electron chi connectivity index (χ1n) is 7.73. The fourth-order valence-corrected chi connectivity index (χ4v) is 3.33. The average molecular weight is 381 g/mol. The lowest BCUT2D eigenvalue weighted by atomic mass is 10.3. The molecule has 0 aliphatic rings. The Balaban J connectivity index is 2.01.